The van der Waals surface area contributed by atoms with Crippen LogP contribution in [0.15, 0.2) is 170 Å². The van der Waals surface area contributed by atoms with Crippen LogP contribution in [-0.4, -0.2) is 0 Å². The molecule has 0 unspecified atom stereocenters. The lowest BCUT2D eigenvalue weighted by Crippen LogP contribution is -2.32. The number of rotatable bonds is 9. The van der Waals surface area contributed by atoms with E-state index < -0.39 is 83.6 Å². The van der Waals surface area contributed by atoms with E-state index >= 15 is 0 Å². The summed E-state index contributed by atoms with van der Waals surface area (Å²) in [5, 5.41) is 0. The normalized spacial score (nSPS) is 17.1. The smallest absolute Gasteiger partial charge is 0.201 e. The Balaban J connectivity index is 0.000000229. The molecular formula is C83H106N5+5. The van der Waals surface area contributed by atoms with Crippen LogP contribution in [0.2, 0.25) is 0 Å². The van der Waals surface area contributed by atoms with Gasteiger partial charge in [0.05, 0.1) is 0 Å². The minimum absolute atomic E-state index is 0.0768. The Kier molecular flexibility index (Phi) is 13.3. The first-order chi connectivity index (χ1) is 53.6. The van der Waals surface area contributed by atoms with E-state index in [-0.39, 0.29) is 46.4 Å². The van der Waals surface area contributed by atoms with E-state index in [0.29, 0.717) is 68.4 Å². The molecule has 0 atom stereocenters. The molecule has 5 aromatic carbocycles. The summed E-state index contributed by atoms with van der Waals surface area (Å²) in [6.07, 6.45) is -2.84. The van der Waals surface area contributed by atoms with Gasteiger partial charge in [-0.05, 0) is 214 Å². The molecule has 5 aromatic heterocycles. The molecule has 0 aliphatic rings. The summed E-state index contributed by atoms with van der Waals surface area (Å²) in [5.74, 6) is -0.303. The van der Waals surface area contributed by atoms with E-state index in [0.717, 1.165) is 50.3 Å². The van der Waals surface area contributed by atoms with Crippen molar-refractivity contribution in [2.75, 3.05) is 0 Å². The number of aromatic nitrogens is 5. The highest BCUT2D eigenvalue weighted by Gasteiger charge is 2.20. The zero-order valence-electron chi connectivity index (χ0n) is 84.2. The lowest BCUT2D eigenvalue weighted by atomic mass is 9.96. The van der Waals surface area contributed by atoms with Crippen molar-refractivity contribution < 1.29 is 64.0 Å². The van der Waals surface area contributed by atoms with Crippen LogP contribution in [0.3, 0.4) is 0 Å². The first kappa shape index (κ1) is 37.6. The van der Waals surface area contributed by atoms with Crippen LogP contribution in [0.5, 0.6) is 0 Å². The Hall–Kier alpha value is -8.15. The van der Waals surface area contributed by atoms with E-state index in [4.69, 9.17) is 41.1 Å². The summed E-state index contributed by atoms with van der Waals surface area (Å²) in [6.45, 7) is 5.18. The Morgan fingerprint density at radius 1 is 0.307 bits per heavy atom. The lowest BCUT2D eigenvalue weighted by molar-refractivity contribution is -0.660. The molecule has 0 N–H and O–H groups in total. The molecule has 0 fully saturated rings. The number of hydrogen-bond acceptors (Lipinski definition) is 0. The quantitative estimate of drug-likeness (QED) is 0.128. The molecule has 0 saturated heterocycles. The minimum atomic E-state index is -2.75. The van der Waals surface area contributed by atoms with E-state index in [1.54, 1.807) is 50.7 Å². The average Bonchev–Trinajstić information content (AvgIpc) is 0.762. The Bertz CT molecular complexity index is 5350. The van der Waals surface area contributed by atoms with E-state index in [1.165, 1.54) is 64.2 Å². The predicted molar refractivity (Wildman–Crippen MR) is 373 cm³/mol. The van der Waals surface area contributed by atoms with Gasteiger partial charge >= 0.3 is 0 Å². The molecule has 0 radical (unpaired) electrons. The Morgan fingerprint density at radius 2 is 0.625 bits per heavy atom. The van der Waals surface area contributed by atoms with Crippen molar-refractivity contribution in [3.8, 4) is 56.3 Å². The average molecular weight is 1200 g/mol. The van der Waals surface area contributed by atoms with Gasteiger partial charge in [-0.3, -0.25) is 0 Å². The standard InChI is InChI=1S/C19H26N.C18H24N.C16H20N.2C15H18N/c1-13(2)9-17-11-19(20(6)12-16(17)5)18-8-7-14(3)10-15(18)4;1-13(2)10-16-11-18(19(5)12-15(16)4)17-9-7-6-8-14(17)3;1-11-6-7-15(13(3)8-11)16-9-12(2)14(4)10-17(16)5;1-11-5-6-14(13(3)9-11)15-10-12(2)7-8-16(15)4;1-11-7-5-6-8-14(11)15-9-12(2)13(3)10-16(15)4/h7-8,10-13H,9H2,1-6H3;6-9,11-13H,10H2,1-5H3;6-10H,1-5H3;2*5-10H,1-4H3/q5*+1/i9D2,12D;10D2,12D;1D3,2D3,4D3,10D;1D3,2D3,8D;2D3,3D3,10D. The van der Waals surface area contributed by atoms with E-state index in [1.807, 2.05) is 139 Å². The number of aryl methyl sites for hydroxylation is 11. The van der Waals surface area contributed by atoms with Crippen molar-refractivity contribution in [3.05, 3.63) is 265 Å². The maximum absolute atomic E-state index is 8.45. The minimum Gasteiger partial charge on any atom is -0.201 e. The predicted octanol–water partition coefficient (Wildman–Crippen LogP) is 17.9. The third-order valence-corrected chi connectivity index (χ3v) is 14.6. The molecule has 458 valence electrons. The number of nitrogens with zero attached hydrogens (tertiary/aromatic N) is 5. The highest BCUT2D eigenvalue weighted by atomic mass is 14.9. The van der Waals surface area contributed by atoms with Crippen LogP contribution in [0, 0.1) is 115 Å². The number of hydrogen-bond donors (Lipinski definition) is 0. The topological polar surface area (TPSA) is 19.4 Å². The number of benzene rings is 5. The fourth-order valence-electron chi connectivity index (χ4n) is 10.1. The molecule has 0 saturated carbocycles. The highest BCUT2D eigenvalue weighted by Crippen LogP contribution is 2.28. The fraction of sp³-hybridized carbons (Fsp3) is 0.337. The van der Waals surface area contributed by atoms with Gasteiger partial charge in [-0.1, -0.05) is 117 Å². The molecule has 88 heavy (non-hydrogen) atoms. The molecular weight excluding hydrogens is 1070 g/mol. The lowest BCUT2D eigenvalue weighted by Gasteiger charge is -2.11. The van der Waals surface area contributed by atoms with Gasteiger partial charge in [-0.25, -0.2) is 22.8 Å². The van der Waals surface area contributed by atoms with Crippen LogP contribution >= 0.6 is 0 Å². The molecule has 10 aromatic rings. The van der Waals surface area contributed by atoms with Gasteiger partial charge in [0.1, 0.15) is 42.1 Å². The second kappa shape index (κ2) is 31.2. The largest absolute Gasteiger partial charge is 0.212 e. The molecule has 0 amide bonds. The molecule has 10 rings (SSSR count). The first-order valence-corrected chi connectivity index (χ1v) is 29.2. The molecule has 5 heterocycles. The van der Waals surface area contributed by atoms with Crippen molar-refractivity contribution in [1.29, 1.82) is 0 Å². The van der Waals surface area contributed by atoms with Crippen LogP contribution in [0.25, 0.3) is 56.3 Å². The van der Waals surface area contributed by atoms with Crippen LogP contribution in [0.4, 0.5) is 0 Å². The van der Waals surface area contributed by atoms with Gasteiger partial charge in [0.15, 0.2) is 30.9 Å². The molecule has 0 aliphatic heterocycles. The zero-order chi connectivity index (χ0) is 90.3. The molecule has 5 heteroatoms. The van der Waals surface area contributed by atoms with Gasteiger partial charge < -0.3 is 0 Å². The molecule has 0 bridgehead atoms. The second-order valence-corrected chi connectivity index (χ2v) is 22.9. The second-order valence-electron chi connectivity index (χ2n) is 22.9. The summed E-state index contributed by atoms with van der Waals surface area (Å²) in [7, 11) is 8.47. The summed E-state index contributed by atoms with van der Waals surface area (Å²) in [6, 6.07) is 40.2. The van der Waals surface area contributed by atoms with Crippen molar-refractivity contribution in [2.45, 2.75) is 144 Å². The third kappa shape index (κ3) is 18.5. The maximum atomic E-state index is 8.45. The Labute approximate surface area is 574 Å². The SMILES string of the molecule is [2H]c1c(C([2H])([2H])[2H])c(C([2H])([2H])[2H])cc(-c2ccc(C([2H])([2H])[2H])cc2C)[n+]1C.[2H]c1c(C([2H])([2H])[2H])c(C([2H])([2H])[2H])cc(-c2ccccc2C)[n+]1C.[2H]c1c(C)c(C([2H])([2H])C(C)C)cc(-c2ccc(C)cc2C)[n+]1C.[2H]c1c(C)c(C([2H])([2H])C(C)C)cc(-c2ccccc2C)[n+]1C.[2H]c1cc(C([2H])([2H])[2H])cc(-c2ccc(C([2H])([2H])[2H])cc2C)[n+]1C. The van der Waals surface area contributed by atoms with E-state index in [9.17, 15) is 0 Å². The molecule has 0 aliphatic carbocycles. The fourth-order valence-corrected chi connectivity index (χ4v) is 10.1. The van der Waals surface area contributed by atoms with Crippen molar-refractivity contribution in [2.24, 2.45) is 47.1 Å². The zero-order valence-corrected chi connectivity index (χ0v) is 54.2. The third-order valence-electron chi connectivity index (χ3n) is 14.6. The van der Waals surface area contributed by atoms with Gasteiger partial charge in [0, 0.05) is 121 Å². The van der Waals surface area contributed by atoms with Gasteiger partial charge in [-0.2, -0.15) is 0 Å². The summed E-state index contributed by atoms with van der Waals surface area (Å²) in [4.78, 5) is 0. The van der Waals surface area contributed by atoms with E-state index in [2.05, 4.69) is 32.0 Å². The summed E-state index contributed by atoms with van der Waals surface area (Å²) < 4.78 is 242. The monoisotopic (exact) mass is 1200 g/mol. The first-order valence-electron chi connectivity index (χ1n) is 44.2. The van der Waals surface area contributed by atoms with Gasteiger partial charge in [0.25, 0.3) is 0 Å². The highest BCUT2D eigenvalue weighted by molar-refractivity contribution is 5.66. The Morgan fingerprint density at radius 3 is 0.977 bits per heavy atom. The molecule has 5 nitrogen and oxygen atoms in total. The summed E-state index contributed by atoms with van der Waals surface area (Å²) in [5.41, 5.74) is 14.4. The van der Waals surface area contributed by atoms with Crippen molar-refractivity contribution in [1.82, 2.24) is 0 Å². The van der Waals surface area contributed by atoms with Crippen LogP contribution in [-0.2, 0) is 48.0 Å². The number of pyridine rings is 5. The molecule has 0 spiro atoms. The van der Waals surface area contributed by atoms with Gasteiger partial charge in [0.2, 0.25) is 28.5 Å². The van der Waals surface area contributed by atoms with Crippen molar-refractivity contribution >= 4 is 0 Å². The summed E-state index contributed by atoms with van der Waals surface area (Å²) >= 11 is 0. The van der Waals surface area contributed by atoms with Crippen LogP contribution in [0.1, 0.15) is 163 Å². The van der Waals surface area contributed by atoms with Crippen LogP contribution < -0.4 is 22.8 Å². The maximum Gasteiger partial charge on any atom is 0.212 e. The van der Waals surface area contributed by atoms with Gasteiger partial charge in [-0.15, -0.1) is 0 Å². The van der Waals surface area contributed by atoms with Crippen molar-refractivity contribution in [3.63, 3.8) is 0 Å².